The van der Waals surface area contributed by atoms with Gasteiger partial charge in [0.25, 0.3) is 0 Å². The summed E-state index contributed by atoms with van der Waals surface area (Å²) >= 11 is 0. The van der Waals surface area contributed by atoms with Gasteiger partial charge in [0.2, 0.25) is 0 Å². The van der Waals surface area contributed by atoms with E-state index in [1.54, 1.807) is 0 Å². The lowest BCUT2D eigenvalue weighted by atomic mass is 9.95. The molecule has 0 spiro atoms. The summed E-state index contributed by atoms with van der Waals surface area (Å²) in [6.45, 7) is 0. The average molecular weight is 250 g/mol. The van der Waals surface area contributed by atoms with Gasteiger partial charge in [-0.2, -0.15) is 0 Å². The Morgan fingerprint density at radius 2 is 0.944 bits per heavy atom. The van der Waals surface area contributed by atoms with E-state index in [4.69, 9.17) is 0 Å². The van der Waals surface area contributed by atoms with Gasteiger partial charge in [0.1, 0.15) is 12.3 Å². The topological polar surface area (TPSA) is 49.9 Å². The Labute approximate surface area is 110 Å². The molecule has 2 saturated carbocycles. The van der Waals surface area contributed by atoms with Gasteiger partial charge in [-0.25, -0.2) is 20.9 Å². The zero-order chi connectivity index (χ0) is 11.9. The zero-order valence-electron chi connectivity index (χ0n) is 11.3. The molecule has 2 N–H and O–H groups in total. The summed E-state index contributed by atoms with van der Waals surface area (Å²) in [6.07, 6.45) is 15.4. The first-order chi connectivity index (χ1) is 8.93. The number of hydrogen-bond donors (Lipinski definition) is 2. The second-order valence-electron chi connectivity index (χ2n) is 6.55. The Morgan fingerprint density at radius 1 is 0.556 bits per heavy atom. The summed E-state index contributed by atoms with van der Waals surface area (Å²) in [5.41, 5.74) is 7.20. The molecule has 4 heteroatoms. The fourth-order valence-corrected chi connectivity index (χ4v) is 4.07. The fraction of sp³-hybridized carbons (Fsp3) is 1.00. The molecular weight excluding hydrogens is 224 g/mol. The smallest absolute Gasteiger partial charge is 0.118 e. The van der Waals surface area contributed by atoms with Crippen molar-refractivity contribution in [1.29, 1.82) is 0 Å². The van der Waals surface area contributed by atoms with Gasteiger partial charge in [0.15, 0.2) is 0 Å². The largest absolute Gasteiger partial charge is 0.232 e. The minimum atomic E-state index is 0.607. The molecule has 4 nitrogen and oxygen atoms in total. The maximum Gasteiger partial charge on any atom is 0.118 e. The third-order valence-corrected chi connectivity index (χ3v) is 5.26. The van der Waals surface area contributed by atoms with Gasteiger partial charge in [0.05, 0.1) is 0 Å². The Balaban J connectivity index is 1.27. The minimum Gasteiger partial charge on any atom is -0.232 e. The van der Waals surface area contributed by atoms with E-state index < -0.39 is 0 Å². The lowest BCUT2D eigenvalue weighted by Gasteiger charge is -2.23. The van der Waals surface area contributed by atoms with Crippen molar-refractivity contribution in [3.05, 3.63) is 0 Å². The highest BCUT2D eigenvalue weighted by molar-refractivity contribution is 5.01. The van der Waals surface area contributed by atoms with Crippen molar-refractivity contribution in [1.82, 2.24) is 20.9 Å². The number of hydrazine groups is 2. The summed E-state index contributed by atoms with van der Waals surface area (Å²) in [6, 6.07) is 1.64. The maximum absolute atomic E-state index is 3.60. The van der Waals surface area contributed by atoms with E-state index >= 15 is 0 Å². The first-order valence-corrected chi connectivity index (χ1v) is 8.02. The first-order valence-electron chi connectivity index (χ1n) is 8.02. The molecule has 0 aromatic heterocycles. The highest BCUT2D eigenvalue weighted by Crippen LogP contribution is 2.35. The molecule has 0 bridgehead atoms. The van der Waals surface area contributed by atoms with Crippen LogP contribution in [0.15, 0.2) is 0 Å². The number of rotatable bonds is 3. The molecule has 2 saturated heterocycles. The zero-order valence-corrected chi connectivity index (χ0v) is 11.3. The minimum absolute atomic E-state index is 0.607. The molecule has 0 aromatic carbocycles. The summed E-state index contributed by atoms with van der Waals surface area (Å²) in [5, 5.41) is 5.05. The first kappa shape index (κ1) is 11.6. The molecule has 2 heterocycles. The molecule has 0 amide bonds. The number of nitrogens with one attached hydrogen (secondary N) is 2. The Morgan fingerprint density at radius 3 is 1.33 bits per heavy atom. The Bertz CT molecular complexity index is 266. The fourth-order valence-electron chi connectivity index (χ4n) is 4.07. The van der Waals surface area contributed by atoms with Gasteiger partial charge >= 0.3 is 0 Å². The van der Waals surface area contributed by atoms with Crippen molar-refractivity contribution in [2.24, 2.45) is 0 Å². The number of nitrogens with zero attached hydrogens (tertiary/aromatic N) is 2. The third kappa shape index (κ3) is 2.20. The highest BCUT2D eigenvalue weighted by atomic mass is 15.9. The van der Waals surface area contributed by atoms with Crippen LogP contribution in [0.1, 0.15) is 64.2 Å². The molecule has 0 radical (unpaired) electrons. The van der Waals surface area contributed by atoms with Crippen LogP contribution in [0.5, 0.6) is 0 Å². The molecule has 2 unspecified atom stereocenters. The monoisotopic (exact) mass is 250 g/mol. The van der Waals surface area contributed by atoms with Crippen LogP contribution in [0.4, 0.5) is 0 Å². The molecule has 2 aliphatic heterocycles. The van der Waals surface area contributed by atoms with Crippen molar-refractivity contribution in [3.63, 3.8) is 0 Å². The molecular formula is C14H26N4. The van der Waals surface area contributed by atoms with Gasteiger partial charge < -0.3 is 0 Å². The van der Waals surface area contributed by atoms with E-state index in [1.807, 2.05) is 0 Å². The molecule has 4 aliphatic rings. The van der Waals surface area contributed by atoms with Gasteiger partial charge in [-0.15, -0.1) is 0 Å². The lowest BCUT2D eigenvalue weighted by molar-refractivity contribution is 0.242. The summed E-state index contributed by atoms with van der Waals surface area (Å²) in [4.78, 5) is 0. The third-order valence-electron chi connectivity index (χ3n) is 5.26. The molecule has 2 aliphatic carbocycles. The van der Waals surface area contributed by atoms with E-state index in [1.165, 1.54) is 64.2 Å². The van der Waals surface area contributed by atoms with Crippen LogP contribution in [0, 0.1) is 0 Å². The van der Waals surface area contributed by atoms with E-state index in [9.17, 15) is 0 Å². The van der Waals surface area contributed by atoms with Gasteiger partial charge in [-0.1, -0.05) is 38.5 Å². The quantitative estimate of drug-likeness (QED) is 0.752. The maximum atomic E-state index is 3.60. The van der Waals surface area contributed by atoms with Crippen LogP contribution in [0.3, 0.4) is 0 Å². The Kier molecular flexibility index (Phi) is 3.07. The molecule has 0 aromatic rings. The van der Waals surface area contributed by atoms with Crippen molar-refractivity contribution in [3.8, 4) is 0 Å². The van der Waals surface area contributed by atoms with E-state index in [-0.39, 0.29) is 0 Å². The van der Waals surface area contributed by atoms with Crippen LogP contribution in [0.25, 0.3) is 0 Å². The van der Waals surface area contributed by atoms with Crippen LogP contribution in [-0.2, 0) is 0 Å². The summed E-state index contributed by atoms with van der Waals surface area (Å²) in [7, 11) is 0. The molecule has 4 rings (SSSR count). The predicted octanol–water partition coefficient (Wildman–Crippen LogP) is 1.94. The second-order valence-corrected chi connectivity index (χ2v) is 6.55. The summed E-state index contributed by atoms with van der Waals surface area (Å²) in [5.74, 6) is 0. The predicted molar refractivity (Wildman–Crippen MR) is 71.3 cm³/mol. The van der Waals surface area contributed by atoms with Crippen LogP contribution in [0.2, 0.25) is 0 Å². The standard InChI is InChI=1S/C14H26N4/c1-3-7-11(8-4-1)17-13(15-17)14-16-18(14)12-9-5-2-6-10-12/h11-16H,1-10H2/t13-,14-,17?,18?/m1/s1. The second kappa shape index (κ2) is 4.75. The SMILES string of the molecule is C1CCC(N2N[C@H]2[C@@H]2NN2C2CCCCC2)CC1. The van der Waals surface area contributed by atoms with Crippen molar-refractivity contribution < 1.29 is 0 Å². The van der Waals surface area contributed by atoms with Gasteiger partial charge in [0, 0.05) is 12.1 Å². The van der Waals surface area contributed by atoms with E-state index in [2.05, 4.69) is 20.9 Å². The van der Waals surface area contributed by atoms with Gasteiger partial charge in [-0.05, 0) is 25.7 Å². The molecule has 4 atom stereocenters. The highest BCUT2D eigenvalue weighted by Gasteiger charge is 2.55. The van der Waals surface area contributed by atoms with Crippen molar-refractivity contribution in [2.75, 3.05) is 0 Å². The normalized spacial score (nSPS) is 46.0. The van der Waals surface area contributed by atoms with Crippen molar-refractivity contribution >= 4 is 0 Å². The van der Waals surface area contributed by atoms with Crippen LogP contribution in [-0.4, -0.2) is 34.4 Å². The summed E-state index contributed by atoms with van der Waals surface area (Å²) < 4.78 is 0. The van der Waals surface area contributed by atoms with E-state index in [0.717, 1.165) is 12.1 Å². The van der Waals surface area contributed by atoms with Crippen LogP contribution < -0.4 is 10.9 Å². The number of hydrogen-bond acceptors (Lipinski definition) is 4. The van der Waals surface area contributed by atoms with E-state index in [0.29, 0.717) is 12.3 Å². The average Bonchev–Trinajstić information content (AvgIpc) is 3.32. The van der Waals surface area contributed by atoms with Gasteiger partial charge in [-0.3, -0.25) is 0 Å². The lowest BCUT2D eigenvalue weighted by Crippen LogP contribution is -2.28. The molecule has 18 heavy (non-hydrogen) atoms. The van der Waals surface area contributed by atoms with Crippen molar-refractivity contribution in [2.45, 2.75) is 88.6 Å². The molecule has 4 fully saturated rings. The van der Waals surface area contributed by atoms with Crippen LogP contribution >= 0.6 is 0 Å². The molecule has 102 valence electrons. The Hall–Kier alpha value is -0.160.